The molecule has 0 aliphatic carbocycles. The number of nitrogens with one attached hydrogen (secondary N) is 2. The van der Waals surface area contributed by atoms with Crippen LogP contribution in [-0.2, 0) is 25.7 Å². The summed E-state index contributed by atoms with van der Waals surface area (Å²) in [5.41, 5.74) is 7.64. The van der Waals surface area contributed by atoms with Crippen LogP contribution in [0.4, 0.5) is 8.78 Å². The normalized spacial score (nSPS) is 12.7. The standard InChI is InChI=1S/C36H46BrF2N5O5/c1-36(2,3)34(31-18-25(28-19-26(38)11-12-29(28)39)22-43(31)21-24-8-5-4-6-9-24)44(33(48)23-45)17-14-30(40)35(49)42-16-13-32(47)41-15-7-10-27(46)20-37/h4-6,8-9,11-12,18-19,22,30,34,45H,7,10,13-17,20-21,23,40H2,1-3H3,(H,41,47)(H,42,49)/t30-,34-/m0/s1. The van der Waals surface area contributed by atoms with Gasteiger partial charge in [-0.1, -0.05) is 67.0 Å². The van der Waals surface area contributed by atoms with Gasteiger partial charge in [0.1, 0.15) is 24.0 Å². The van der Waals surface area contributed by atoms with Crippen molar-refractivity contribution in [3.8, 4) is 11.1 Å². The van der Waals surface area contributed by atoms with Crippen LogP contribution in [-0.4, -0.2) is 75.7 Å². The Morgan fingerprint density at radius 3 is 2.37 bits per heavy atom. The van der Waals surface area contributed by atoms with Gasteiger partial charge in [0, 0.05) is 62.0 Å². The number of aliphatic hydroxyl groups is 1. The molecule has 3 amide bonds. The zero-order chi connectivity index (χ0) is 36.1. The van der Waals surface area contributed by atoms with Gasteiger partial charge in [0.2, 0.25) is 17.7 Å². The SMILES string of the molecule is CC(C)(C)[C@H](c1cc(-c2cc(F)ccc2F)cn1Cc1ccccc1)N(CC[C@H](N)C(=O)NCCC(=O)NCCCC(=O)CBr)C(=O)CO. The predicted octanol–water partition coefficient (Wildman–Crippen LogP) is 4.47. The average Bonchev–Trinajstić information content (AvgIpc) is 3.47. The first kappa shape index (κ1) is 39.5. The number of hydrogen-bond acceptors (Lipinski definition) is 6. The van der Waals surface area contributed by atoms with E-state index in [9.17, 15) is 33.1 Å². The number of halogens is 3. The minimum absolute atomic E-state index is 0.00367. The second-order valence-corrected chi connectivity index (χ2v) is 13.5. The molecule has 0 bridgehead atoms. The molecule has 0 aliphatic rings. The number of ketones is 1. The van der Waals surface area contributed by atoms with Crippen LogP contribution >= 0.6 is 15.9 Å². The van der Waals surface area contributed by atoms with E-state index in [1.165, 1.54) is 4.90 Å². The number of hydrogen-bond donors (Lipinski definition) is 4. The van der Waals surface area contributed by atoms with E-state index in [-0.39, 0.29) is 48.5 Å². The van der Waals surface area contributed by atoms with Crippen LogP contribution in [0.5, 0.6) is 0 Å². The van der Waals surface area contributed by atoms with E-state index in [1.807, 2.05) is 55.7 Å². The highest BCUT2D eigenvalue weighted by molar-refractivity contribution is 9.09. The molecular weight excluding hydrogens is 700 g/mol. The van der Waals surface area contributed by atoms with Crippen LogP contribution in [0, 0.1) is 17.0 Å². The summed E-state index contributed by atoms with van der Waals surface area (Å²) < 4.78 is 31.1. The van der Waals surface area contributed by atoms with Crippen molar-refractivity contribution >= 4 is 39.4 Å². The number of nitrogens with two attached hydrogens (primary N) is 1. The predicted molar refractivity (Wildman–Crippen MR) is 188 cm³/mol. The van der Waals surface area contributed by atoms with Gasteiger partial charge in [-0.2, -0.15) is 0 Å². The Morgan fingerprint density at radius 1 is 1.00 bits per heavy atom. The Morgan fingerprint density at radius 2 is 1.71 bits per heavy atom. The molecule has 13 heteroatoms. The number of aliphatic hydroxyl groups excluding tert-OH is 1. The smallest absolute Gasteiger partial charge is 0.248 e. The first-order chi connectivity index (χ1) is 23.2. The number of rotatable bonds is 18. The zero-order valence-electron chi connectivity index (χ0n) is 28.2. The summed E-state index contributed by atoms with van der Waals surface area (Å²) in [5.74, 6) is -2.51. The summed E-state index contributed by atoms with van der Waals surface area (Å²) in [6.45, 7) is 5.75. The van der Waals surface area contributed by atoms with E-state index < -0.39 is 47.6 Å². The van der Waals surface area contributed by atoms with E-state index in [1.54, 1.807) is 12.3 Å². The molecule has 0 radical (unpaired) electrons. The van der Waals surface area contributed by atoms with Crippen LogP contribution in [0.1, 0.15) is 63.8 Å². The van der Waals surface area contributed by atoms with Gasteiger partial charge in [0.15, 0.2) is 0 Å². The molecule has 266 valence electrons. The maximum absolute atomic E-state index is 15.0. The Bertz CT molecular complexity index is 1580. The molecule has 3 rings (SSSR count). The zero-order valence-corrected chi connectivity index (χ0v) is 29.8. The van der Waals surface area contributed by atoms with E-state index in [4.69, 9.17) is 5.73 Å². The van der Waals surface area contributed by atoms with Crippen molar-refractivity contribution in [2.24, 2.45) is 11.1 Å². The molecule has 0 spiro atoms. The summed E-state index contributed by atoms with van der Waals surface area (Å²) in [4.78, 5) is 51.1. The lowest BCUT2D eigenvalue weighted by molar-refractivity contribution is -0.140. The number of benzene rings is 2. The second-order valence-electron chi connectivity index (χ2n) is 13.0. The van der Waals surface area contributed by atoms with Gasteiger partial charge < -0.3 is 30.9 Å². The average molecular weight is 747 g/mol. The number of aromatic nitrogens is 1. The van der Waals surface area contributed by atoms with Crippen LogP contribution in [0.2, 0.25) is 0 Å². The fourth-order valence-electron chi connectivity index (χ4n) is 5.61. The van der Waals surface area contributed by atoms with Crippen molar-refractivity contribution in [1.82, 2.24) is 20.1 Å². The van der Waals surface area contributed by atoms with Crippen LogP contribution in [0.3, 0.4) is 0 Å². The molecule has 2 aromatic carbocycles. The van der Waals surface area contributed by atoms with Crippen LogP contribution in [0.15, 0.2) is 60.8 Å². The molecule has 0 aliphatic heterocycles. The second kappa shape index (κ2) is 18.7. The molecule has 0 saturated heterocycles. The van der Waals surface area contributed by atoms with Gasteiger partial charge in [-0.15, -0.1) is 0 Å². The molecule has 49 heavy (non-hydrogen) atoms. The number of Topliss-reactive ketones (excluding diaryl/α,β-unsaturated/α-hetero) is 1. The maximum atomic E-state index is 15.0. The number of carbonyl (C=O) groups excluding carboxylic acids is 4. The van der Waals surface area contributed by atoms with E-state index in [0.717, 1.165) is 23.8 Å². The quantitative estimate of drug-likeness (QED) is 0.112. The molecule has 3 aromatic rings. The van der Waals surface area contributed by atoms with Gasteiger partial charge >= 0.3 is 0 Å². The van der Waals surface area contributed by atoms with Crippen LogP contribution < -0.4 is 16.4 Å². The summed E-state index contributed by atoms with van der Waals surface area (Å²) in [6, 6.07) is 12.8. The molecule has 5 N–H and O–H groups in total. The molecular formula is C36H46BrF2N5O5. The highest BCUT2D eigenvalue weighted by Crippen LogP contribution is 2.41. The molecule has 2 atom stereocenters. The maximum Gasteiger partial charge on any atom is 0.248 e. The number of alkyl halides is 1. The van der Waals surface area contributed by atoms with Gasteiger partial charge in [0.25, 0.3) is 0 Å². The first-order valence-electron chi connectivity index (χ1n) is 16.2. The Labute approximate surface area is 294 Å². The Balaban J connectivity index is 1.81. The summed E-state index contributed by atoms with van der Waals surface area (Å²) in [6.07, 6.45) is 2.67. The topological polar surface area (TPSA) is 147 Å². The highest BCUT2D eigenvalue weighted by Gasteiger charge is 2.37. The van der Waals surface area contributed by atoms with Gasteiger partial charge in [-0.3, -0.25) is 19.2 Å². The summed E-state index contributed by atoms with van der Waals surface area (Å²) in [7, 11) is 0. The van der Waals surface area contributed by atoms with Crippen molar-refractivity contribution in [1.29, 1.82) is 0 Å². The first-order valence-corrected chi connectivity index (χ1v) is 17.3. The highest BCUT2D eigenvalue weighted by atomic mass is 79.9. The monoisotopic (exact) mass is 745 g/mol. The number of carbonyl (C=O) groups is 4. The van der Waals surface area contributed by atoms with E-state index >= 15 is 0 Å². The Kier molecular flexibility index (Phi) is 15.1. The third-order valence-corrected chi connectivity index (χ3v) is 8.63. The third-order valence-electron chi connectivity index (χ3n) is 8.01. The fourth-order valence-corrected chi connectivity index (χ4v) is 5.89. The minimum atomic E-state index is -1.03. The van der Waals surface area contributed by atoms with Crippen molar-refractivity contribution in [3.05, 3.63) is 83.7 Å². The number of amides is 3. The lowest BCUT2D eigenvalue weighted by Crippen LogP contribution is -2.47. The van der Waals surface area contributed by atoms with Gasteiger partial charge in [0.05, 0.1) is 17.4 Å². The van der Waals surface area contributed by atoms with Crippen molar-refractivity contribution in [2.45, 2.75) is 65.1 Å². The van der Waals surface area contributed by atoms with Gasteiger partial charge in [-0.25, -0.2) is 8.78 Å². The van der Waals surface area contributed by atoms with Crippen LogP contribution in [0.25, 0.3) is 11.1 Å². The van der Waals surface area contributed by atoms with Crippen molar-refractivity contribution in [2.75, 3.05) is 31.6 Å². The molecule has 10 nitrogen and oxygen atoms in total. The number of nitrogens with zero attached hydrogens (tertiary/aromatic N) is 2. The fraction of sp³-hybridized carbons (Fsp3) is 0.444. The molecule has 1 heterocycles. The van der Waals surface area contributed by atoms with Gasteiger partial charge in [-0.05, 0) is 48.1 Å². The van der Waals surface area contributed by atoms with E-state index in [2.05, 4.69) is 26.6 Å². The van der Waals surface area contributed by atoms with E-state index in [0.29, 0.717) is 37.2 Å². The molecule has 0 fully saturated rings. The lowest BCUT2D eigenvalue weighted by atomic mass is 9.82. The molecule has 0 unspecified atom stereocenters. The molecule has 1 aromatic heterocycles. The third kappa shape index (κ3) is 11.9. The summed E-state index contributed by atoms with van der Waals surface area (Å²) in [5, 5.41) is 15.7. The molecule has 0 saturated carbocycles. The minimum Gasteiger partial charge on any atom is -0.387 e. The Hall–Kier alpha value is -3.94. The summed E-state index contributed by atoms with van der Waals surface area (Å²) >= 11 is 3.10. The van der Waals surface area contributed by atoms with Crippen molar-refractivity contribution < 1.29 is 33.1 Å². The largest absolute Gasteiger partial charge is 0.387 e. The van der Waals surface area contributed by atoms with Crippen molar-refractivity contribution in [3.63, 3.8) is 0 Å². The lowest BCUT2D eigenvalue weighted by Gasteiger charge is -2.41.